The molecule has 0 aliphatic rings. The van der Waals surface area contributed by atoms with Crippen molar-refractivity contribution in [3.05, 3.63) is 72.3 Å². The maximum atomic E-state index is 14.1. The lowest BCUT2D eigenvalue weighted by Crippen LogP contribution is -2.13. The topological polar surface area (TPSA) is 69.4 Å². The van der Waals surface area contributed by atoms with Crippen molar-refractivity contribution in [3.63, 3.8) is 0 Å². The number of ether oxygens (including phenoxy) is 1. The van der Waals surface area contributed by atoms with Crippen LogP contribution in [0, 0.1) is 11.6 Å². The molecule has 0 radical (unpaired) electrons. The minimum atomic E-state index is -3.98. The molecule has 7 heteroatoms. The van der Waals surface area contributed by atoms with Crippen LogP contribution in [0.4, 0.5) is 8.78 Å². The average Bonchev–Trinajstić information content (AvgIpc) is 2.61. The molecule has 0 saturated heterocycles. The van der Waals surface area contributed by atoms with E-state index >= 15 is 0 Å². The molecule has 26 heavy (non-hydrogen) atoms. The number of primary sulfonamides is 1. The summed E-state index contributed by atoms with van der Waals surface area (Å²) in [6.07, 6.45) is 0. The molecule has 0 atom stereocenters. The third-order valence-electron chi connectivity index (χ3n) is 3.92. The van der Waals surface area contributed by atoms with Gasteiger partial charge < -0.3 is 4.74 Å². The molecule has 0 amide bonds. The highest BCUT2D eigenvalue weighted by Crippen LogP contribution is 2.37. The number of methoxy groups -OCH3 is 1. The lowest BCUT2D eigenvalue weighted by Gasteiger charge is -2.14. The van der Waals surface area contributed by atoms with Crippen molar-refractivity contribution in [3.8, 4) is 28.0 Å². The molecule has 0 aromatic heterocycles. The largest absolute Gasteiger partial charge is 0.491 e. The van der Waals surface area contributed by atoms with Gasteiger partial charge in [0, 0.05) is 5.56 Å². The zero-order chi connectivity index (χ0) is 18.9. The van der Waals surface area contributed by atoms with Gasteiger partial charge in [-0.25, -0.2) is 22.3 Å². The van der Waals surface area contributed by atoms with Gasteiger partial charge in [0.25, 0.3) is 0 Å². The molecule has 0 aliphatic heterocycles. The molecule has 0 spiro atoms. The standard InChI is InChI=1S/C19H15F2NO3S/c1-25-19-16(20)10-12(11-17(19)21)13-6-2-3-7-14(13)15-8-4-5-9-18(15)26(22,23)24/h2-11H,1H3,(H2,22,23,24). The number of sulfonamides is 1. The van der Waals surface area contributed by atoms with Gasteiger partial charge in [-0.2, -0.15) is 0 Å². The van der Waals surface area contributed by atoms with Crippen molar-refractivity contribution in [2.45, 2.75) is 4.90 Å². The van der Waals surface area contributed by atoms with Crippen molar-refractivity contribution in [2.75, 3.05) is 7.11 Å². The van der Waals surface area contributed by atoms with Crippen LogP contribution in [0.15, 0.2) is 65.6 Å². The molecule has 2 N–H and O–H groups in total. The molecule has 0 fully saturated rings. The fourth-order valence-corrected chi connectivity index (χ4v) is 3.57. The minimum absolute atomic E-state index is 0.0677. The Kier molecular flexibility index (Phi) is 4.76. The van der Waals surface area contributed by atoms with Crippen LogP contribution in [-0.4, -0.2) is 15.5 Å². The third kappa shape index (κ3) is 3.31. The summed E-state index contributed by atoms with van der Waals surface area (Å²) in [5.74, 6) is -2.18. The summed E-state index contributed by atoms with van der Waals surface area (Å²) >= 11 is 0. The fraction of sp³-hybridized carbons (Fsp3) is 0.0526. The zero-order valence-corrected chi connectivity index (χ0v) is 14.6. The van der Waals surface area contributed by atoms with Gasteiger partial charge in [0.15, 0.2) is 17.4 Å². The van der Waals surface area contributed by atoms with E-state index in [1.54, 1.807) is 42.5 Å². The summed E-state index contributed by atoms with van der Waals surface area (Å²) in [4.78, 5) is -0.0677. The van der Waals surface area contributed by atoms with Gasteiger partial charge in [-0.15, -0.1) is 0 Å². The van der Waals surface area contributed by atoms with E-state index in [4.69, 9.17) is 9.88 Å². The molecule has 4 nitrogen and oxygen atoms in total. The quantitative estimate of drug-likeness (QED) is 0.751. The molecule has 3 rings (SSSR count). The molecule has 134 valence electrons. The van der Waals surface area contributed by atoms with Gasteiger partial charge in [-0.1, -0.05) is 42.5 Å². The van der Waals surface area contributed by atoms with Crippen LogP contribution in [0.5, 0.6) is 5.75 Å². The lowest BCUT2D eigenvalue weighted by molar-refractivity contribution is 0.360. The molecule has 0 bridgehead atoms. The van der Waals surface area contributed by atoms with Crippen LogP contribution in [0.3, 0.4) is 0 Å². The van der Waals surface area contributed by atoms with Crippen molar-refractivity contribution in [2.24, 2.45) is 5.14 Å². The first kappa shape index (κ1) is 18.0. The predicted molar refractivity (Wildman–Crippen MR) is 95.2 cm³/mol. The number of halogens is 2. The van der Waals surface area contributed by atoms with Gasteiger partial charge in [-0.3, -0.25) is 0 Å². The summed E-state index contributed by atoms with van der Waals surface area (Å²) in [6.45, 7) is 0. The Morgan fingerprint density at radius 3 is 1.88 bits per heavy atom. The summed E-state index contributed by atoms with van der Waals surface area (Å²) in [5.41, 5.74) is 1.55. The molecule has 3 aromatic rings. The minimum Gasteiger partial charge on any atom is -0.491 e. The first-order chi connectivity index (χ1) is 12.3. The van der Waals surface area contributed by atoms with Crippen molar-refractivity contribution < 1.29 is 21.9 Å². The maximum Gasteiger partial charge on any atom is 0.238 e. The number of benzene rings is 3. The van der Waals surface area contributed by atoms with Crippen molar-refractivity contribution >= 4 is 10.0 Å². The molecule has 0 heterocycles. The number of hydrogen-bond donors (Lipinski definition) is 1. The van der Waals surface area contributed by atoms with E-state index in [9.17, 15) is 17.2 Å². The van der Waals surface area contributed by atoms with E-state index in [1.807, 2.05) is 0 Å². The summed E-state index contributed by atoms with van der Waals surface area (Å²) in [5, 5.41) is 5.31. The fourth-order valence-electron chi connectivity index (χ4n) is 2.82. The Morgan fingerprint density at radius 1 is 0.846 bits per heavy atom. The summed E-state index contributed by atoms with van der Waals surface area (Å²) in [6, 6.07) is 15.2. The molecular formula is C19H15F2NO3S. The van der Waals surface area contributed by atoms with E-state index in [1.165, 1.54) is 13.2 Å². The SMILES string of the molecule is COc1c(F)cc(-c2ccccc2-c2ccccc2S(N)(=O)=O)cc1F. The second-order valence-corrected chi connectivity index (χ2v) is 7.09. The van der Waals surface area contributed by atoms with Crippen molar-refractivity contribution in [1.82, 2.24) is 0 Å². The number of rotatable bonds is 4. The normalized spacial score (nSPS) is 11.4. The lowest BCUT2D eigenvalue weighted by atomic mass is 9.94. The highest BCUT2D eigenvalue weighted by molar-refractivity contribution is 7.89. The van der Waals surface area contributed by atoms with Crippen LogP contribution in [-0.2, 0) is 10.0 Å². The van der Waals surface area contributed by atoms with E-state index < -0.39 is 27.4 Å². The second-order valence-electron chi connectivity index (χ2n) is 5.56. The van der Waals surface area contributed by atoms with Crippen LogP contribution in [0.25, 0.3) is 22.3 Å². The zero-order valence-electron chi connectivity index (χ0n) is 13.7. The molecular weight excluding hydrogens is 360 g/mol. The van der Waals surface area contributed by atoms with Gasteiger partial charge >= 0.3 is 0 Å². The summed E-state index contributed by atoms with van der Waals surface area (Å²) < 4.78 is 56.8. The predicted octanol–water partition coefficient (Wildman–Crippen LogP) is 3.95. The summed E-state index contributed by atoms with van der Waals surface area (Å²) in [7, 11) is -2.80. The molecule has 0 unspecified atom stereocenters. The molecule has 0 saturated carbocycles. The Labute approximate surface area is 149 Å². The monoisotopic (exact) mass is 375 g/mol. The van der Waals surface area contributed by atoms with E-state index in [-0.39, 0.29) is 10.5 Å². The van der Waals surface area contributed by atoms with Gasteiger partial charge in [-0.05, 0) is 34.9 Å². The van der Waals surface area contributed by atoms with Crippen LogP contribution in [0.2, 0.25) is 0 Å². The number of nitrogens with two attached hydrogens (primary N) is 1. The van der Waals surface area contributed by atoms with Crippen LogP contribution >= 0.6 is 0 Å². The Balaban J connectivity index is 2.28. The van der Waals surface area contributed by atoms with E-state index in [0.29, 0.717) is 16.7 Å². The first-order valence-electron chi connectivity index (χ1n) is 7.57. The van der Waals surface area contributed by atoms with Crippen molar-refractivity contribution in [1.29, 1.82) is 0 Å². The smallest absolute Gasteiger partial charge is 0.238 e. The van der Waals surface area contributed by atoms with Gasteiger partial charge in [0.2, 0.25) is 10.0 Å². The van der Waals surface area contributed by atoms with Crippen LogP contribution < -0.4 is 9.88 Å². The highest BCUT2D eigenvalue weighted by atomic mass is 32.2. The van der Waals surface area contributed by atoms with Gasteiger partial charge in [0.05, 0.1) is 12.0 Å². The first-order valence-corrected chi connectivity index (χ1v) is 9.12. The Morgan fingerprint density at radius 2 is 1.35 bits per heavy atom. The highest BCUT2D eigenvalue weighted by Gasteiger charge is 2.19. The third-order valence-corrected chi connectivity index (χ3v) is 4.89. The molecule has 0 aliphatic carbocycles. The second kappa shape index (κ2) is 6.86. The van der Waals surface area contributed by atoms with Crippen LogP contribution in [0.1, 0.15) is 0 Å². The molecule has 3 aromatic carbocycles. The van der Waals surface area contributed by atoms with Gasteiger partial charge in [0.1, 0.15) is 0 Å². The Hall–Kier alpha value is -2.77. The van der Waals surface area contributed by atoms with E-state index in [2.05, 4.69) is 0 Å². The van der Waals surface area contributed by atoms with E-state index in [0.717, 1.165) is 12.1 Å². The Bertz CT molecular complexity index is 1060. The average molecular weight is 375 g/mol. The number of hydrogen-bond acceptors (Lipinski definition) is 3. The maximum absolute atomic E-state index is 14.1.